The highest BCUT2D eigenvalue weighted by Crippen LogP contribution is 2.19. The van der Waals surface area contributed by atoms with Crippen molar-refractivity contribution in [3.63, 3.8) is 0 Å². The largest absolute Gasteiger partial charge is 0.481 e. The van der Waals surface area contributed by atoms with Crippen LogP contribution in [0.4, 0.5) is 0 Å². The van der Waals surface area contributed by atoms with Gasteiger partial charge in [0.05, 0.1) is 13.0 Å². The Hall–Kier alpha value is -4.46. The maximum absolute atomic E-state index is 13.1. The number of carbonyl (C=O) groups excluding carboxylic acids is 4. The highest BCUT2D eigenvalue weighted by molar-refractivity contribution is 5.95. The number of fused-ring (bicyclic) bond motifs is 1. The molecule has 0 bridgehead atoms. The Balaban J connectivity index is 2.26. The maximum atomic E-state index is 13.1. The number of carbonyl (C=O) groups is 6. The van der Waals surface area contributed by atoms with E-state index in [1.165, 1.54) is 0 Å². The van der Waals surface area contributed by atoms with Crippen molar-refractivity contribution >= 4 is 46.5 Å². The number of nitrogens with two attached hydrogens (primary N) is 2. The van der Waals surface area contributed by atoms with Gasteiger partial charge in [-0.2, -0.15) is 0 Å². The molecule has 0 radical (unpaired) electrons. The average molecular weight is 505 g/mol. The summed E-state index contributed by atoms with van der Waals surface area (Å²) in [7, 11) is 0. The van der Waals surface area contributed by atoms with Crippen molar-refractivity contribution in [3.8, 4) is 0 Å². The lowest BCUT2D eigenvalue weighted by molar-refractivity contribution is -0.147. The summed E-state index contributed by atoms with van der Waals surface area (Å²) in [5.74, 6) is -6.33. The van der Waals surface area contributed by atoms with Gasteiger partial charge in [-0.3, -0.25) is 24.0 Å². The molecule has 10 N–H and O–H groups in total. The fourth-order valence-electron chi connectivity index (χ4n) is 3.46. The van der Waals surface area contributed by atoms with E-state index in [0.717, 1.165) is 10.9 Å². The van der Waals surface area contributed by atoms with Crippen LogP contribution in [0.3, 0.4) is 0 Å². The van der Waals surface area contributed by atoms with E-state index in [-0.39, 0.29) is 19.3 Å². The number of para-hydroxylation sites is 1. The van der Waals surface area contributed by atoms with Gasteiger partial charge in [-0.25, -0.2) is 4.79 Å². The highest BCUT2D eigenvalue weighted by atomic mass is 16.4. The molecule has 1 heterocycles. The lowest BCUT2D eigenvalue weighted by Crippen LogP contribution is -2.57. The van der Waals surface area contributed by atoms with Crippen molar-refractivity contribution in [2.24, 2.45) is 11.5 Å². The molecule has 1 aromatic carbocycles. The number of hydrogen-bond acceptors (Lipinski definition) is 7. The Kier molecular flexibility index (Phi) is 9.92. The number of H-pyrrole nitrogens is 1. The highest BCUT2D eigenvalue weighted by Gasteiger charge is 2.31. The van der Waals surface area contributed by atoms with Crippen LogP contribution in [0.1, 0.15) is 24.8 Å². The van der Waals surface area contributed by atoms with Crippen molar-refractivity contribution in [2.75, 3.05) is 6.54 Å². The summed E-state index contributed by atoms with van der Waals surface area (Å²) in [5, 5.41) is 25.8. The Bertz CT molecular complexity index is 1150. The monoisotopic (exact) mass is 504 g/mol. The van der Waals surface area contributed by atoms with E-state index in [4.69, 9.17) is 16.6 Å². The van der Waals surface area contributed by atoms with Crippen LogP contribution in [0.5, 0.6) is 0 Å². The van der Waals surface area contributed by atoms with Crippen molar-refractivity contribution in [1.29, 1.82) is 0 Å². The summed E-state index contributed by atoms with van der Waals surface area (Å²) in [4.78, 5) is 74.4. The molecule has 0 aliphatic carbocycles. The number of nitrogens with one attached hydrogen (secondary N) is 4. The molecule has 0 fully saturated rings. The number of benzene rings is 1. The first-order chi connectivity index (χ1) is 17.0. The van der Waals surface area contributed by atoms with Crippen molar-refractivity contribution < 1.29 is 39.0 Å². The van der Waals surface area contributed by atoms with Gasteiger partial charge in [0.1, 0.15) is 18.1 Å². The maximum Gasteiger partial charge on any atom is 0.326 e. The number of primary amides is 1. The van der Waals surface area contributed by atoms with Crippen molar-refractivity contribution in [1.82, 2.24) is 20.9 Å². The van der Waals surface area contributed by atoms with Gasteiger partial charge in [0.25, 0.3) is 0 Å². The third-order valence-electron chi connectivity index (χ3n) is 5.24. The lowest BCUT2D eigenvalue weighted by Gasteiger charge is -2.24. The minimum Gasteiger partial charge on any atom is -0.481 e. The topological polar surface area (TPSA) is 247 Å². The van der Waals surface area contributed by atoms with Crippen LogP contribution in [0.25, 0.3) is 10.9 Å². The molecule has 0 saturated heterocycles. The second kappa shape index (κ2) is 12.9. The van der Waals surface area contributed by atoms with Gasteiger partial charge in [-0.05, 0) is 18.1 Å². The first-order valence-electron chi connectivity index (χ1n) is 10.9. The Morgan fingerprint density at radius 2 is 1.56 bits per heavy atom. The van der Waals surface area contributed by atoms with E-state index >= 15 is 0 Å². The number of carboxylic acids is 2. The van der Waals surface area contributed by atoms with Crippen molar-refractivity contribution in [2.45, 2.75) is 43.8 Å². The van der Waals surface area contributed by atoms with Gasteiger partial charge < -0.3 is 42.6 Å². The first-order valence-corrected chi connectivity index (χ1v) is 10.9. The zero-order valence-electron chi connectivity index (χ0n) is 19.2. The van der Waals surface area contributed by atoms with Crippen LogP contribution >= 0.6 is 0 Å². The molecule has 4 amide bonds. The fraction of sp³-hybridized carbons (Fsp3) is 0.364. The number of aromatic nitrogens is 1. The Morgan fingerprint density at radius 3 is 2.17 bits per heavy atom. The Morgan fingerprint density at radius 1 is 0.917 bits per heavy atom. The minimum absolute atomic E-state index is 0.0164. The van der Waals surface area contributed by atoms with E-state index in [0.29, 0.717) is 5.56 Å². The predicted octanol–water partition coefficient (Wildman–Crippen LogP) is -2.05. The van der Waals surface area contributed by atoms with Gasteiger partial charge in [0.2, 0.25) is 23.6 Å². The van der Waals surface area contributed by atoms with Gasteiger partial charge in [0, 0.05) is 29.9 Å². The van der Waals surface area contributed by atoms with Crippen LogP contribution < -0.4 is 27.4 Å². The molecule has 194 valence electrons. The van der Waals surface area contributed by atoms with E-state index < -0.39 is 66.7 Å². The summed E-state index contributed by atoms with van der Waals surface area (Å²) < 4.78 is 0. The summed E-state index contributed by atoms with van der Waals surface area (Å²) in [6.07, 6.45) is 0.143. The molecule has 0 aliphatic heterocycles. The average Bonchev–Trinajstić information content (AvgIpc) is 3.22. The molecule has 0 saturated carbocycles. The minimum atomic E-state index is -1.78. The summed E-state index contributed by atoms with van der Waals surface area (Å²) >= 11 is 0. The SMILES string of the molecule is NCC(=O)NC(Cc1c[nH]c2ccccc12)C(=O)NC(CCC(N)=O)C(=O)NC(CC(=O)O)C(=O)O. The predicted molar refractivity (Wildman–Crippen MR) is 125 cm³/mol. The molecular formula is C22H28N6O8. The fourth-order valence-corrected chi connectivity index (χ4v) is 3.46. The number of aliphatic carboxylic acids is 2. The molecule has 14 heteroatoms. The second-order valence-electron chi connectivity index (χ2n) is 7.95. The number of carboxylic acid groups (broad SMARTS) is 2. The molecule has 2 aromatic rings. The van der Waals surface area contributed by atoms with Gasteiger partial charge >= 0.3 is 11.9 Å². The van der Waals surface area contributed by atoms with Crippen molar-refractivity contribution in [3.05, 3.63) is 36.0 Å². The number of amides is 4. The molecule has 0 spiro atoms. The van der Waals surface area contributed by atoms with E-state index in [1.54, 1.807) is 12.3 Å². The normalized spacial score (nSPS) is 13.2. The van der Waals surface area contributed by atoms with Crippen LogP contribution in [-0.2, 0) is 35.2 Å². The van der Waals surface area contributed by atoms with Crippen LogP contribution in [0.2, 0.25) is 0 Å². The molecule has 36 heavy (non-hydrogen) atoms. The van der Waals surface area contributed by atoms with Gasteiger partial charge in [0.15, 0.2) is 0 Å². The third kappa shape index (κ3) is 8.09. The van der Waals surface area contributed by atoms with Gasteiger partial charge in [-0.1, -0.05) is 18.2 Å². The number of aromatic amines is 1. The van der Waals surface area contributed by atoms with Crippen LogP contribution in [-0.4, -0.2) is 75.4 Å². The van der Waals surface area contributed by atoms with E-state index in [2.05, 4.69) is 15.6 Å². The zero-order valence-corrected chi connectivity index (χ0v) is 19.2. The summed E-state index contributed by atoms with van der Waals surface area (Å²) in [5.41, 5.74) is 12.0. The van der Waals surface area contributed by atoms with Crippen LogP contribution in [0.15, 0.2) is 30.5 Å². The first kappa shape index (κ1) is 27.8. The molecule has 2 rings (SSSR count). The van der Waals surface area contributed by atoms with E-state index in [1.807, 2.05) is 23.5 Å². The molecule has 14 nitrogen and oxygen atoms in total. The molecular weight excluding hydrogens is 476 g/mol. The summed E-state index contributed by atoms with van der Waals surface area (Å²) in [6.45, 7) is -0.404. The van der Waals surface area contributed by atoms with E-state index in [9.17, 15) is 33.9 Å². The molecule has 3 atom stereocenters. The smallest absolute Gasteiger partial charge is 0.326 e. The van der Waals surface area contributed by atoms with Crippen LogP contribution in [0, 0.1) is 0 Å². The zero-order chi connectivity index (χ0) is 26.8. The third-order valence-corrected chi connectivity index (χ3v) is 5.24. The van der Waals surface area contributed by atoms with Gasteiger partial charge in [-0.15, -0.1) is 0 Å². The second-order valence-corrected chi connectivity index (χ2v) is 7.95. The summed E-state index contributed by atoms with van der Waals surface area (Å²) in [6, 6.07) is 2.86. The quantitative estimate of drug-likeness (QED) is 0.141. The Labute approximate surface area is 204 Å². The number of hydrogen-bond donors (Lipinski definition) is 8. The molecule has 3 unspecified atom stereocenters. The lowest BCUT2D eigenvalue weighted by atomic mass is 10.0. The standard InChI is InChI=1S/C22H28N6O8/c23-9-18(30)26-15(7-11-10-25-13-4-2-1-3-12(11)13)21(34)27-14(5-6-17(24)29)20(33)28-16(22(35)36)8-19(31)32/h1-4,10,14-16,25H,5-9,23H2,(H2,24,29)(H,26,30)(H,27,34)(H,28,33)(H,31,32)(H,35,36). The number of rotatable bonds is 14. The molecule has 0 aliphatic rings. The molecule has 1 aromatic heterocycles.